The Bertz CT molecular complexity index is 651. The average molecular weight is 306 g/mol. The predicted molar refractivity (Wildman–Crippen MR) is 79.5 cm³/mol. The topological polar surface area (TPSA) is 90.2 Å². The van der Waals surface area contributed by atoms with Gasteiger partial charge in [0, 0.05) is 26.3 Å². The highest BCUT2D eigenvalue weighted by molar-refractivity contribution is 7.99. The van der Waals surface area contributed by atoms with Gasteiger partial charge in [0.2, 0.25) is 0 Å². The summed E-state index contributed by atoms with van der Waals surface area (Å²) >= 11 is 1.22. The summed E-state index contributed by atoms with van der Waals surface area (Å²) in [6.07, 6.45) is 0. The molecule has 0 aliphatic rings. The molecule has 110 valence electrons. The number of hydrogen-bond acceptors (Lipinski definition) is 7. The molecule has 0 saturated carbocycles. The molecule has 2 rings (SSSR count). The van der Waals surface area contributed by atoms with E-state index in [0.29, 0.717) is 21.6 Å². The van der Waals surface area contributed by atoms with Gasteiger partial charge in [0.1, 0.15) is 17.5 Å². The van der Waals surface area contributed by atoms with E-state index >= 15 is 0 Å². The van der Waals surface area contributed by atoms with E-state index in [-0.39, 0.29) is 12.3 Å². The molecule has 1 aromatic carbocycles. The number of hydrogen-bond donors (Lipinski definition) is 1. The molecular weight excluding hydrogens is 292 g/mol. The van der Waals surface area contributed by atoms with Crippen molar-refractivity contribution >= 4 is 23.3 Å². The van der Waals surface area contributed by atoms with Gasteiger partial charge in [-0.2, -0.15) is 0 Å². The molecule has 7 nitrogen and oxygen atoms in total. The average Bonchev–Trinajstić information content (AvgIpc) is 2.47. The van der Waals surface area contributed by atoms with E-state index in [1.165, 1.54) is 17.8 Å². The fraction of sp³-hybridized carbons (Fsp3) is 0.231. The Morgan fingerprint density at radius 1 is 1.38 bits per heavy atom. The molecule has 0 bridgehead atoms. The van der Waals surface area contributed by atoms with Gasteiger partial charge in [0.05, 0.1) is 9.82 Å². The van der Waals surface area contributed by atoms with Crippen molar-refractivity contribution in [2.75, 3.05) is 19.5 Å². The van der Waals surface area contributed by atoms with Crippen molar-refractivity contribution in [2.45, 2.75) is 16.5 Å². The minimum atomic E-state index is -0.404. The Kier molecular flexibility index (Phi) is 5.07. The van der Waals surface area contributed by atoms with E-state index in [4.69, 9.17) is 4.74 Å². The monoisotopic (exact) mass is 306 g/mol. The molecule has 0 saturated heterocycles. The molecule has 1 heterocycles. The smallest absolute Gasteiger partial charge is 0.283 e. The molecule has 8 heteroatoms. The van der Waals surface area contributed by atoms with Gasteiger partial charge in [-0.15, -0.1) is 0 Å². The van der Waals surface area contributed by atoms with E-state index < -0.39 is 4.92 Å². The maximum Gasteiger partial charge on any atom is 0.283 e. The number of nitro benzene ring substituents is 1. The van der Waals surface area contributed by atoms with E-state index in [9.17, 15) is 10.1 Å². The van der Waals surface area contributed by atoms with Crippen LogP contribution < -0.4 is 5.32 Å². The molecule has 0 spiro atoms. The fourth-order valence-electron chi connectivity index (χ4n) is 1.65. The van der Waals surface area contributed by atoms with Crippen molar-refractivity contribution in [3.63, 3.8) is 0 Å². The van der Waals surface area contributed by atoms with Crippen LogP contribution in [0.4, 0.5) is 11.5 Å². The predicted octanol–water partition coefficient (Wildman–Crippen LogP) is 2.72. The molecule has 0 radical (unpaired) electrons. The number of aromatic nitrogens is 2. The van der Waals surface area contributed by atoms with Crippen LogP contribution in [0.1, 0.15) is 5.82 Å². The third-order valence-corrected chi connectivity index (χ3v) is 3.54. The third-order valence-electron chi connectivity index (χ3n) is 2.56. The molecular formula is C13H14N4O3S. The first-order valence-electron chi connectivity index (χ1n) is 6.10. The largest absolute Gasteiger partial charge is 0.377 e. The quantitative estimate of drug-likeness (QED) is 0.498. The first-order valence-corrected chi connectivity index (χ1v) is 6.91. The van der Waals surface area contributed by atoms with Gasteiger partial charge in [0.15, 0.2) is 5.82 Å². The summed E-state index contributed by atoms with van der Waals surface area (Å²) in [6.45, 7) is 0.278. The summed E-state index contributed by atoms with van der Waals surface area (Å²) in [5.41, 5.74) is 0.0559. The minimum absolute atomic E-state index is 0.0559. The summed E-state index contributed by atoms with van der Waals surface area (Å²) in [6, 6.07) is 8.29. The van der Waals surface area contributed by atoms with Crippen molar-refractivity contribution in [3.8, 4) is 0 Å². The van der Waals surface area contributed by atoms with E-state index in [1.54, 1.807) is 38.4 Å². The zero-order chi connectivity index (χ0) is 15.2. The van der Waals surface area contributed by atoms with Crippen LogP contribution in [0.25, 0.3) is 0 Å². The van der Waals surface area contributed by atoms with Gasteiger partial charge < -0.3 is 10.1 Å². The third kappa shape index (κ3) is 3.89. The number of benzene rings is 1. The van der Waals surface area contributed by atoms with Crippen LogP contribution in [-0.2, 0) is 11.3 Å². The Labute approximate surface area is 125 Å². The lowest BCUT2D eigenvalue weighted by molar-refractivity contribution is -0.387. The van der Waals surface area contributed by atoms with Crippen LogP contribution in [0.15, 0.2) is 40.3 Å². The second-order valence-corrected chi connectivity index (χ2v) is 5.08. The molecule has 1 aromatic heterocycles. The van der Waals surface area contributed by atoms with E-state index in [2.05, 4.69) is 15.3 Å². The molecule has 0 atom stereocenters. The fourth-order valence-corrected chi connectivity index (χ4v) is 2.59. The van der Waals surface area contributed by atoms with Crippen molar-refractivity contribution in [3.05, 3.63) is 46.3 Å². The molecule has 0 fully saturated rings. The Morgan fingerprint density at radius 3 is 2.81 bits per heavy atom. The molecule has 21 heavy (non-hydrogen) atoms. The molecule has 0 amide bonds. The van der Waals surface area contributed by atoms with Crippen LogP contribution in [0.3, 0.4) is 0 Å². The van der Waals surface area contributed by atoms with Crippen molar-refractivity contribution in [1.82, 2.24) is 9.97 Å². The molecule has 0 unspecified atom stereocenters. The van der Waals surface area contributed by atoms with Gasteiger partial charge >= 0.3 is 0 Å². The number of anilines is 1. The first kappa shape index (κ1) is 15.2. The Morgan fingerprint density at radius 2 is 2.14 bits per heavy atom. The number of nitrogens with zero attached hydrogens (tertiary/aromatic N) is 3. The van der Waals surface area contributed by atoms with Crippen LogP contribution >= 0.6 is 11.8 Å². The van der Waals surface area contributed by atoms with E-state index in [0.717, 1.165) is 0 Å². The van der Waals surface area contributed by atoms with Gasteiger partial charge in [-0.1, -0.05) is 23.9 Å². The number of ether oxygens (including phenoxy) is 1. The van der Waals surface area contributed by atoms with Crippen molar-refractivity contribution in [1.29, 1.82) is 0 Å². The number of rotatable bonds is 6. The van der Waals surface area contributed by atoms with Crippen molar-refractivity contribution < 1.29 is 9.66 Å². The SMILES string of the molecule is CNc1cc(Sc2ccccc2[N+](=O)[O-])nc(COC)n1. The Balaban J connectivity index is 2.35. The maximum atomic E-state index is 11.0. The van der Waals surface area contributed by atoms with Gasteiger partial charge in [-0.25, -0.2) is 9.97 Å². The summed E-state index contributed by atoms with van der Waals surface area (Å²) < 4.78 is 5.02. The molecule has 0 aliphatic carbocycles. The zero-order valence-corrected chi connectivity index (χ0v) is 12.4. The first-order chi connectivity index (χ1) is 10.1. The maximum absolute atomic E-state index is 11.0. The lowest BCUT2D eigenvalue weighted by Crippen LogP contribution is -2.02. The van der Waals surface area contributed by atoms with E-state index in [1.807, 2.05) is 0 Å². The van der Waals surface area contributed by atoms with Crippen LogP contribution in [0, 0.1) is 10.1 Å². The second kappa shape index (κ2) is 7.00. The highest BCUT2D eigenvalue weighted by Gasteiger charge is 2.15. The van der Waals surface area contributed by atoms with Gasteiger partial charge in [-0.3, -0.25) is 10.1 Å². The molecule has 1 N–H and O–H groups in total. The Hall–Kier alpha value is -2.19. The van der Waals surface area contributed by atoms with Gasteiger partial charge in [-0.05, 0) is 6.07 Å². The number of para-hydroxylation sites is 1. The number of methoxy groups -OCH3 is 1. The standard InChI is InChI=1S/C13H14N4O3S/c1-14-11-7-13(16-12(15-11)8-20-2)21-10-6-4-3-5-9(10)17(18)19/h3-7H,8H2,1-2H3,(H,14,15,16). The van der Waals surface area contributed by atoms with Gasteiger partial charge in [0.25, 0.3) is 5.69 Å². The molecule has 2 aromatic rings. The summed E-state index contributed by atoms with van der Waals surface area (Å²) in [5, 5.41) is 14.6. The van der Waals surface area contributed by atoms with Crippen molar-refractivity contribution in [2.24, 2.45) is 0 Å². The number of nitro groups is 1. The lowest BCUT2D eigenvalue weighted by atomic mass is 10.3. The minimum Gasteiger partial charge on any atom is -0.377 e. The summed E-state index contributed by atoms with van der Waals surface area (Å²) in [5.74, 6) is 1.16. The highest BCUT2D eigenvalue weighted by Crippen LogP contribution is 2.34. The summed E-state index contributed by atoms with van der Waals surface area (Å²) in [4.78, 5) is 19.7. The van der Waals surface area contributed by atoms with Crippen LogP contribution in [-0.4, -0.2) is 29.0 Å². The highest BCUT2D eigenvalue weighted by atomic mass is 32.2. The second-order valence-electron chi connectivity index (χ2n) is 4.02. The summed E-state index contributed by atoms with van der Waals surface area (Å²) in [7, 11) is 3.31. The normalized spacial score (nSPS) is 10.4. The number of nitrogens with one attached hydrogen (secondary N) is 1. The van der Waals surface area contributed by atoms with Crippen LogP contribution in [0.5, 0.6) is 0 Å². The van der Waals surface area contributed by atoms with Crippen LogP contribution in [0.2, 0.25) is 0 Å². The zero-order valence-electron chi connectivity index (χ0n) is 11.6. The molecule has 0 aliphatic heterocycles. The lowest BCUT2D eigenvalue weighted by Gasteiger charge is -2.07.